The normalized spacial score (nSPS) is 15.6. The summed E-state index contributed by atoms with van der Waals surface area (Å²) in [7, 11) is 0. The van der Waals surface area contributed by atoms with Gasteiger partial charge in [0.2, 0.25) is 11.8 Å². The topological polar surface area (TPSA) is 68.7 Å². The molecular formula is C20H20ClFN2O4. The van der Waals surface area contributed by atoms with Crippen molar-refractivity contribution in [3.05, 3.63) is 53.0 Å². The van der Waals surface area contributed by atoms with Crippen LogP contribution in [0.5, 0.6) is 5.88 Å². The number of pyridine rings is 1. The molecule has 1 unspecified atom stereocenters. The van der Waals surface area contributed by atoms with Crippen molar-refractivity contribution in [2.75, 3.05) is 17.4 Å². The highest BCUT2D eigenvalue weighted by molar-refractivity contribution is 6.29. The maximum Gasteiger partial charge on any atom is 0.303 e. The van der Waals surface area contributed by atoms with Crippen molar-refractivity contribution in [3.8, 4) is 5.88 Å². The standard InChI is InChI=1S/C20H20ClFN2O4/c1-12-10-28-20-18(24(12)19(26)9-21)8-15(17(23-20)11-27-13(2)25)7-14-3-5-16(22)6-4-14/h3-6,8,12H,7,9-11H2,1-2H3. The first kappa shape index (κ1) is 20.1. The van der Waals surface area contributed by atoms with Gasteiger partial charge in [-0.05, 0) is 42.7 Å². The molecule has 8 heteroatoms. The van der Waals surface area contributed by atoms with Crippen molar-refractivity contribution in [3.63, 3.8) is 0 Å². The van der Waals surface area contributed by atoms with Crippen molar-refractivity contribution in [1.82, 2.24) is 4.98 Å². The molecule has 1 atom stereocenters. The number of alkyl halides is 1. The molecule has 0 saturated heterocycles. The smallest absolute Gasteiger partial charge is 0.303 e. The molecule has 28 heavy (non-hydrogen) atoms. The average molecular weight is 407 g/mol. The predicted molar refractivity (Wildman–Crippen MR) is 102 cm³/mol. The van der Waals surface area contributed by atoms with E-state index in [9.17, 15) is 14.0 Å². The molecule has 0 fully saturated rings. The highest BCUT2D eigenvalue weighted by Crippen LogP contribution is 2.35. The number of amides is 1. The van der Waals surface area contributed by atoms with Gasteiger partial charge in [-0.15, -0.1) is 11.6 Å². The molecule has 2 heterocycles. The van der Waals surface area contributed by atoms with E-state index in [4.69, 9.17) is 21.1 Å². The number of rotatable bonds is 5. The lowest BCUT2D eigenvalue weighted by atomic mass is 10.0. The Morgan fingerprint density at radius 1 is 1.36 bits per heavy atom. The molecule has 1 aliphatic heterocycles. The number of fused-ring (bicyclic) bond motifs is 1. The van der Waals surface area contributed by atoms with Crippen LogP contribution in [0.25, 0.3) is 0 Å². The van der Waals surface area contributed by atoms with E-state index in [0.717, 1.165) is 11.1 Å². The Kier molecular flexibility index (Phi) is 6.14. The Morgan fingerprint density at radius 2 is 2.07 bits per heavy atom. The van der Waals surface area contributed by atoms with E-state index < -0.39 is 5.97 Å². The average Bonchev–Trinajstić information content (AvgIpc) is 2.67. The fourth-order valence-electron chi connectivity index (χ4n) is 3.07. The van der Waals surface area contributed by atoms with E-state index in [2.05, 4.69) is 4.98 Å². The fourth-order valence-corrected chi connectivity index (χ4v) is 3.20. The SMILES string of the molecule is CC(=O)OCc1nc2c(cc1Cc1ccc(F)cc1)N(C(=O)CCl)C(C)CO2. The lowest BCUT2D eigenvalue weighted by molar-refractivity contribution is -0.142. The fraction of sp³-hybridized carbons (Fsp3) is 0.350. The highest BCUT2D eigenvalue weighted by Gasteiger charge is 2.31. The summed E-state index contributed by atoms with van der Waals surface area (Å²) in [5, 5.41) is 0. The summed E-state index contributed by atoms with van der Waals surface area (Å²) >= 11 is 5.77. The van der Waals surface area contributed by atoms with Gasteiger partial charge in [0.25, 0.3) is 0 Å². The van der Waals surface area contributed by atoms with E-state index in [1.54, 1.807) is 23.1 Å². The molecular weight excluding hydrogens is 387 g/mol. The molecule has 1 aromatic heterocycles. The van der Waals surface area contributed by atoms with E-state index in [1.165, 1.54) is 19.1 Å². The second-order valence-corrected chi connectivity index (χ2v) is 6.83. The minimum atomic E-state index is -0.430. The van der Waals surface area contributed by atoms with Crippen LogP contribution in [-0.2, 0) is 27.4 Å². The number of carbonyl (C=O) groups is 2. The third kappa shape index (κ3) is 4.42. The Morgan fingerprint density at radius 3 is 2.71 bits per heavy atom. The number of halogens is 2. The van der Waals surface area contributed by atoms with Crippen molar-refractivity contribution in [2.24, 2.45) is 0 Å². The number of aromatic nitrogens is 1. The van der Waals surface area contributed by atoms with Gasteiger partial charge in [0.15, 0.2) is 0 Å². The maximum atomic E-state index is 13.2. The molecule has 0 N–H and O–H groups in total. The van der Waals surface area contributed by atoms with Crippen molar-refractivity contribution in [1.29, 1.82) is 0 Å². The minimum Gasteiger partial charge on any atom is -0.474 e. The van der Waals surface area contributed by atoms with Gasteiger partial charge in [-0.2, -0.15) is 0 Å². The molecule has 0 bridgehead atoms. The van der Waals surface area contributed by atoms with E-state index >= 15 is 0 Å². The zero-order chi connectivity index (χ0) is 20.3. The molecule has 6 nitrogen and oxygen atoms in total. The summed E-state index contributed by atoms with van der Waals surface area (Å²) < 4.78 is 24.0. The zero-order valence-electron chi connectivity index (χ0n) is 15.6. The second-order valence-electron chi connectivity index (χ2n) is 6.56. The van der Waals surface area contributed by atoms with Gasteiger partial charge in [-0.1, -0.05) is 12.1 Å². The molecule has 148 valence electrons. The molecule has 0 saturated carbocycles. The van der Waals surface area contributed by atoms with Gasteiger partial charge in [0.05, 0.1) is 11.7 Å². The van der Waals surface area contributed by atoms with Crippen LogP contribution >= 0.6 is 11.6 Å². The Balaban J connectivity index is 2.03. The summed E-state index contributed by atoms with van der Waals surface area (Å²) in [4.78, 5) is 29.7. The first-order valence-electron chi connectivity index (χ1n) is 8.80. The lowest BCUT2D eigenvalue weighted by Crippen LogP contribution is -2.46. The molecule has 1 aromatic carbocycles. The summed E-state index contributed by atoms with van der Waals surface area (Å²) in [6.07, 6.45) is 0.425. The number of hydrogen-bond donors (Lipinski definition) is 0. The van der Waals surface area contributed by atoms with Gasteiger partial charge in [0.1, 0.15) is 30.6 Å². The number of ether oxygens (including phenoxy) is 2. The van der Waals surface area contributed by atoms with Crippen LogP contribution in [0.3, 0.4) is 0 Å². The van der Waals surface area contributed by atoms with Crippen LogP contribution < -0.4 is 9.64 Å². The third-order valence-corrected chi connectivity index (χ3v) is 4.63. The van der Waals surface area contributed by atoms with Gasteiger partial charge >= 0.3 is 5.97 Å². The third-order valence-electron chi connectivity index (χ3n) is 4.40. The van der Waals surface area contributed by atoms with Crippen LogP contribution in [0.1, 0.15) is 30.7 Å². The zero-order valence-corrected chi connectivity index (χ0v) is 16.3. The van der Waals surface area contributed by atoms with Crippen LogP contribution in [-0.4, -0.2) is 35.4 Å². The van der Waals surface area contributed by atoms with Gasteiger partial charge in [0, 0.05) is 6.92 Å². The van der Waals surface area contributed by atoms with E-state index in [0.29, 0.717) is 23.7 Å². The largest absolute Gasteiger partial charge is 0.474 e. The predicted octanol–water partition coefficient (Wildman–Crippen LogP) is 3.23. The Bertz CT molecular complexity index is 889. The monoisotopic (exact) mass is 406 g/mol. The van der Waals surface area contributed by atoms with Crippen LogP contribution in [0.2, 0.25) is 0 Å². The van der Waals surface area contributed by atoms with Crippen molar-refractivity contribution in [2.45, 2.75) is 32.9 Å². The first-order chi connectivity index (χ1) is 13.4. The van der Waals surface area contributed by atoms with Crippen molar-refractivity contribution < 1.29 is 23.5 Å². The number of nitrogens with zero attached hydrogens (tertiary/aromatic N) is 2. The Hall–Kier alpha value is -2.67. The number of hydrogen-bond acceptors (Lipinski definition) is 5. The molecule has 0 spiro atoms. The highest BCUT2D eigenvalue weighted by atomic mass is 35.5. The second kappa shape index (κ2) is 8.56. The molecule has 1 aliphatic rings. The molecule has 1 amide bonds. The Labute approximate surface area is 167 Å². The number of esters is 1. The van der Waals surface area contributed by atoms with Crippen LogP contribution in [0.15, 0.2) is 30.3 Å². The number of carbonyl (C=O) groups excluding carboxylic acids is 2. The van der Waals surface area contributed by atoms with Gasteiger partial charge in [-0.25, -0.2) is 9.37 Å². The molecule has 0 radical (unpaired) electrons. The summed E-state index contributed by atoms with van der Waals surface area (Å²) in [5.74, 6) is -0.872. The number of benzene rings is 1. The summed E-state index contributed by atoms with van der Waals surface area (Å²) in [5.41, 5.74) is 2.64. The summed E-state index contributed by atoms with van der Waals surface area (Å²) in [6.45, 7) is 3.44. The molecule has 3 rings (SSSR count). The molecule has 2 aromatic rings. The number of anilines is 1. The summed E-state index contributed by atoms with van der Waals surface area (Å²) in [6, 6.07) is 7.70. The van der Waals surface area contributed by atoms with Gasteiger partial charge < -0.3 is 14.4 Å². The van der Waals surface area contributed by atoms with Gasteiger partial charge in [-0.3, -0.25) is 9.59 Å². The van der Waals surface area contributed by atoms with E-state index in [-0.39, 0.29) is 36.9 Å². The molecule has 0 aliphatic carbocycles. The quantitative estimate of drug-likeness (QED) is 0.563. The minimum absolute atomic E-state index is 0.0263. The maximum absolute atomic E-state index is 13.2. The van der Waals surface area contributed by atoms with Crippen LogP contribution in [0, 0.1) is 5.82 Å². The lowest BCUT2D eigenvalue weighted by Gasteiger charge is -2.34. The van der Waals surface area contributed by atoms with Crippen LogP contribution in [0.4, 0.5) is 10.1 Å². The van der Waals surface area contributed by atoms with Crippen molar-refractivity contribution >= 4 is 29.2 Å². The first-order valence-corrected chi connectivity index (χ1v) is 9.34. The van der Waals surface area contributed by atoms with E-state index in [1.807, 2.05) is 6.92 Å².